The van der Waals surface area contributed by atoms with Crippen LogP contribution in [-0.4, -0.2) is 29.3 Å². The molecule has 1 heterocycles. The summed E-state index contributed by atoms with van der Waals surface area (Å²) < 4.78 is 6.26. The first-order valence-electron chi connectivity index (χ1n) is 3.83. The molecule has 0 aromatic carbocycles. The summed E-state index contributed by atoms with van der Waals surface area (Å²) in [5.74, 6) is -0.0228. The minimum atomic E-state index is -0.0228. The Morgan fingerprint density at radius 2 is 2.46 bits per heavy atom. The molecule has 0 saturated heterocycles. The van der Waals surface area contributed by atoms with E-state index in [1.807, 2.05) is 6.92 Å². The molecule has 0 N–H and O–H groups in total. The van der Waals surface area contributed by atoms with Crippen LogP contribution in [0.1, 0.15) is 5.69 Å². The maximum absolute atomic E-state index is 11.1. The van der Waals surface area contributed by atoms with Crippen LogP contribution in [0, 0.1) is 6.92 Å². The highest BCUT2D eigenvalue weighted by Gasteiger charge is 2.07. The smallest absolute Gasteiger partial charge is 0.179 e. The number of carbonyl (C=O) groups is 1. The molecule has 0 radical (unpaired) electrons. The zero-order valence-electron chi connectivity index (χ0n) is 7.58. The van der Waals surface area contributed by atoms with Gasteiger partial charge in [-0.1, -0.05) is 11.6 Å². The van der Waals surface area contributed by atoms with Crippen LogP contribution >= 0.6 is 11.6 Å². The summed E-state index contributed by atoms with van der Waals surface area (Å²) >= 11 is 5.76. The zero-order chi connectivity index (χ0) is 9.84. The van der Waals surface area contributed by atoms with Gasteiger partial charge in [0.1, 0.15) is 13.2 Å². The number of aromatic nitrogens is 2. The topological polar surface area (TPSA) is 44.1 Å². The highest BCUT2D eigenvalue weighted by atomic mass is 35.5. The fourth-order valence-electron chi connectivity index (χ4n) is 0.957. The molecule has 4 nitrogen and oxygen atoms in total. The molecule has 0 aliphatic rings. The summed E-state index contributed by atoms with van der Waals surface area (Å²) in [6.07, 6.45) is 1.52. The zero-order valence-corrected chi connectivity index (χ0v) is 8.34. The fourth-order valence-corrected chi connectivity index (χ4v) is 1.10. The van der Waals surface area contributed by atoms with Gasteiger partial charge >= 0.3 is 0 Å². The molecule has 13 heavy (non-hydrogen) atoms. The van der Waals surface area contributed by atoms with Crippen molar-refractivity contribution >= 4 is 17.4 Å². The summed E-state index contributed by atoms with van der Waals surface area (Å²) in [7, 11) is 1.49. The highest BCUT2D eigenvalue weighted by molar-refractivity contribution is 6.31. The molecule has 0 atom stereocenters. The molecule has 0 fully saturated rings. The summed E-state index contributed by atoms with van der Waals surface area (Å²) in [5.41, 5.74) is 0.797. The molecule has 72 valence electrons. The molecule has 0 aliphatic heterocycles. The number of hydrogen-bond acceptors (Lipinski definition) is 3. The van der Waals surface area contributed by atoms with E-state index < -0.39 is 0 Å². The van der Waals surface area contributed by atoms with E-state index in [1.54, 1.807) is 4.68 Å². The minimum Gasteiger partial charge on any atom is -0.377 e. The third-order valence-electron chi connectivity index (χ3n) is 1.67. The van der Waals surface area contributed by atoms with Crippen LogP contribution in [0.5, 0.6) is 0 Å². The lowest BCUT2D eigenvalue weighted by Crippen LogP contribution is -2.16. The lowest BCUT2D eigenvalue weighted by molar-refractivity contribution is -0.123. The van der Waals surface area contributed by atoms with Gasteiger partial charge in [-0.2, -0.15) is 5.10 Å². The van der Waals surface area contributed by atoms with Gasteiger partial charge in [0.2, 0.25) is 0 Å². The van der Waals surface area contributed by atoms with Crippen molar-refractivity contribution in [3.8, 4) is 0 Å². The third-order valence-corrected chi connectivity index (χ3v) is 2.05. The second-order valence-electron chi connectivity index (χ2n) is 2.71. The lowest BCUT2D eigenvalue weighted by atomic mass is 10.4. The number of ether oxygens (including phenoxy) is 1. The largest absolute Gasteiger partial charge is 0.377 e. The quantitative estimate of drug-likeness (QED) is 0.734. The van der Waals surface area contributed by atoms with E-state index in [0.29, 0.717) is 5.02 Å². The number of carbonyl (C=O) groups excluding carboxylic acids is 1. The van der Waals surface area contributed by atoms with E-state index >= 15 is 0 Å². The van der Waals surface area contributed by atoms with E-state index in [0.717, 1.165) is 5.69 Å². The predicted molar refractivity (Wildman–Crippen MR) is 48.9 cm³/mol. The average molecular weight is 203 g/mol. The Labute approximate surface area is 81.4 Å². The molecular formula is C8H11ClN2O2. The number of halogens is 1. The van der Waals surface area contributed by atoms with Gasteiger partial charge in [0.15, 0.2) is 5.78 Å². The Morgan fingerprint density at radius 1 is 1.77 bits per heavy atom. The second-order valence-corrected chi connectivity index (χ2v) is 3.11. The van der Waals surface area contributed by atoms with Crippen molar-refractivity contribution in [1.82, 2.24) is 9.78 Å². The minimum absolute atomic E-state index is 0.0228. The molecule has 1 aromatic heterocycles. The predicted octanol–water partition coefficient (Wildman–Crippen LogP) is 1.06. The van der Waals surface area contributed by atoms with Gasteiger partial charge in [-0.25, -0.2) is 0 Å². The summed E-state index contributed by atoms with van der Waals surface area (Å²) in [4.78, 5) is 11.1. The van der Waals surface area contributed by atoms with E-state index in [-0.39, 0.29) is 18.9 Å². The Morgan fingerprint density at radius 3 is 2.92 bits per heavy atom. The molecule has 0 spiro atoms. The second kappa shape index (κ2) is 4.39. The molecule has 0 unspecified atom stereocenters. The molecule has 1 aromatic rings. The van der Waals surface area contributed by atoms with Crippen LogP contribution < -0.4 is 0 Å². The van der Waals surface area contributed by atoms with Crippen LogP contribution in [0.15, 0.2) is 6.20 Å². The van der Waals surface area contributed by atoms with Gasteiger partial charge in [0, 0.05) is 7.11 Å². The molecule has 1 rings (SSSR count). The van der Waals surface area contributed by atoms with Gasteiger partial charge < -0.3 is 4.74 Å². The number of nitrogens with zero attached hydrogens (tertiary/aromatic N) is 2. The van der Waals surface area contributed by atoms with Gasteiger partial charge in [0.05, 0.1) is 16.9 Å². The molecular weight excluding hydrogens is 192 g/mol. The van der Waals surface area contributed by atoms with Crippen LogP contribution in [0.4, 0.5) is 0 Å². The maximum Gasteiger partial charge on any atom is 0.179 e. The van der Waals surface area contributed by atoms with Gasteiger partial charge in [-0.3, -0.25) is 9.48 Å². The van der Waals surface area contributed by atoms with Crippen molar-refractivity contribution < 1.29 is 9.53 Å². The Kier molecular flexibility index (Phi) is 3.45. The first kappa shape index (κ1) is 10.2. The SMILES string of the molecule is COCC(=O)Cn1ncc(Cl)c1C. The monoisotopic (exact) mass is 202 g/mol. The molecule has 0 saturated carbocycles. The van der Waals surface area contributed by atoms with Gasteiger partial charge in [-0.05, 0) is 6.92 Å². The molecule has 5 heteroatoms. The highest BCUT2D eigenvalue weighted by Crippen LogP contribution is 2.12. The van der Waals surface area contributed by atoms with E-state index in [4.69, 9.17) is 16.3 Å². The average Bonchev–Trinajstić information content (AvgIpc) is 2.37. The summed E-state index contributed by atoms with van der Waals surface area (Å²) in [6.45, 7) is 2.14. The van der Waals surface area contributed by atoms with Crippen LogP contribution in [-0.2, 0) is 16.1 Å². The standard InChI is InChI=1S/C8H11ClN2O2/c1-6-8(9)3-10-11(6)4-7(12)5-13-2/h3H,4-5H2,1-2H3. The third kappa shape index (κ3) is 2.54. The number of ketones is 1. The van der Waals surface area contributed by atoms with Crippen molar-refractivity contribution in [3.63, 3.8) is 0 Å². The normalized spacial score (nSPS) is 10.4. The van der Waals surface area contributed by atoms with E-state index in [1.165, 1.54) is 13.3 Å². The van der Waals surface area contributed by atoms with Crippen molar-refractivity contribution in [1.29, 1.82) is 0 Å². The summed E-state index contributed by atoms with van der Waals surface area (Å²) in [5, 5.41) is 4.52. The van der Waals surface area contributed by atoms with Crippen LogP contribution in [0.25, 0.3) is 0 Å². The van der Waals surface area contributed by atoms with Gasteiger partial charge in [-0.15, -0.1) is 0 Å². The fraction of sp³-hybridized carbons (Fsp3) is 0.500. The van der Waals surface area contributed by atoms with Crippen molar-refractivity contribution in [2.45, 2.75) is 13.5 Å². The maximum atomic E-state index is 11.1. The number of Topliss-reactive ketones (excluding diaryl/α,β-unsaturated/α-hetero) is 1. The first-order valence-corrected chi connectivity index (χ1v) is 4.21. The molecule has 0 amide bonds. The van der Waals surface area contributed by atoms with Crippen molar-refractivity contribution in [2.75, 3.05) is 13.7 Å². The number of methoxy groups -OCH3 is 1. The van der Waals surface area contributed by atoms with Crippen molar-refractivity contribution in [3.05, 3.63) is 16.9 Å². The first-order chi connectivity index (χ1) is 6.15. The lowest BCUT2D eigenvalue weighted by Gasteiger charge is -2.02. The summed E-state index contributed by atoms with van der Waals surface area (Å²) in [6, 6.07) is 0. The molecule has 0 aliphatic carbocycles. The molecule has 0 bridgehead atoms. The Balaban J connectivity index is 2.64. The Bertz CT molecular complexity index is 309. The number of hydrogen-bond donors (Lipinski definition) is 0. The van der Waals surface area contributed by atoms with E-state index in [2.05, 4.69) is 5.10 Å². The van der Waals surface area contributed by atoms with E-state index in [9.17, 15) is 4.79 Å². The van der Waals surface area contributed by atoms with Crippen LogP contribution in [0.2, 0.25) is 5.02 Å². The van der Waals surface area contributed by atoms with Crippen LogP contribution in [0.3, 0.4) is 0 Å². The van der Waals surface area contributed by atoms with Crippen molar-refractivity contribution in [2.24, 2.45) is 0 Å². The number of rotatable bonds is 4. The van der Waals surface area contributed by atoms with Gasteiger partial charge in [0.25, 0.3) is 0 Å². The Hall–Kier alpha value is -0.870.